The Morgan fingerprint density at radius 1 is 1.67 bits per heavy atom. The van der Waals surface area contributed by atoms with Gasteiger partial charge in [0.1, 0.15) is 0 Å². The molecule has 15 heavy (non-hydrogen) atoms. The first kappa shape index (κ1) is 12.7. The first-order valence-electron chi connectivity index (χ1n) is 4.80. The number of aromatic nitrogens is 2. The van der Waals surface area contributed by atoms with Gasteiger partial charge in [0.2, 0.25) is 0 Å². The normalized spacial score (nSPS) is 10.7. The summed E-state index contributed by atoms with van der Waals surface area (Å²) in [6.07, 6.45) is 0.859. The molecular formula is C10H15BrClN3. The van der Waals surface area contributed by atoms with E-state index >= 15 is 0 Å². The van der Waals surface area contributed by atoms with Gasteiger partial charge < -0.3 is 5.32 Å². The van der Waals surface area contributed by atoms with Gasteiger partial charge in [-0.1, -0.05) is 41.0 Å². The van der Waals surface area contributed by atoms with Crippen molar-refractivity contribution in [2.75, 3.05) is 6.54 Å². The molecule has 0 amide bonds. The van der Waals surface area contributed by atoms with Crippen molar-refractivity contribution in [1.29, 1.82) is 0 Å². The van der Waals surface area contributed by atoms with E-state index in [9.17, 15) is 0 Å². The smallest absolute Gasteiger partial charge is 0.0863 e. The summed E-state index contributed by atoms with van der Waals surface area (Å²) < 4.78 is 2.75. The van der Waals surface area contributed by atoms with Crippen LogP contribution < -0.4 is 5.32 Å². The molecule has 1 N–H and O–H groups in total. The van der Waals surface area contributed by atoms with E-state index in [-0.39, 0.29) is 0 Å². The highest BCUT2D eigenvalue weighted by atomic mass is 79.9. The molecule has 1 rings (SSSR count). The van der Waals surface area contributed by atoms with Crippen molar-refractivity contribution < 1.29 is 0 Å². The molecule has 0 aliphatic heterocycles. The minimum Gasteiger partial charge on any atom is -0.307 e. The third-order valence-corrected chi connectivity index (χ3v) is 2.83. The largest absolute Gasteiger partial charge is 0.307 e. The highest BCUT2D eigenvalue weighted by Gasteiger charge is 2.11. The number of aryl methyl sites for hydroxylation is 2. The van der Waals surface area contributed by atoms with Crippen molar-refractivity contribution in [3.8, 4) is 0 Å². The van der Waals surface area contributed by atoms with E-state index in [0.717, 1.165) is 33.9 Å². The van der Waals surface area contributed by atoms with E-state index in [1.54, 1.807) is 0 Å². The van der Waals surface area contributed by atoms with Gasteiger partial charge in [-0.2, -0.15) is 5.10 Å². The predicted molar refractivity (Wildman–Crippen MR) is 67.4 cm³/mol. The van der Waals surface area contributed by atoms with Crippen LogP contribution in [0.2, 0.25) is 5.02 Å². The maximum absolute atomic E-state index is 6.19. The lowest BCUT2D eigenvalue weighted by Gasteiger charge is -2.04. The van der Waals surface area contributed by atoms with Crippen molar-refractivity contribution >= 4 is 27.5 Å². The summed E-state index contributed by atoms with van der Waals surface area (Å²) in [5.41, 5.74) is 1.97. The van der Waals surface area contributed by atoms with Crippen LogP contribution in [0.15, 0.2) is 11.1 Å². The Morgan fingerprint density at radius 2 is 2.33 bits per heavy atom. The van der Waals surface area contributed by atoms with Crippen LogP contribution in [0, 0.1) is 0 Å². The Hall–Kier alpha value is -0.320. The molecule has 0 aliphatic carbocycles. The summed E-state index contributed by atoms with van der Waals surface area (Å²) >= 11 is 9.48. The number of hydrogen-bond donors (Lipinski definition) is 1. The maximum atomic E-state index is 6.19. The number of halogens is 2. The molecule has 0 bridgehead atoms. The van der Waals surface area contributed by atoms with Gasteiger partial charge in [0.15, 0.2) is 0 Å². The fourth-order valence-electron chi connectivity index (χ4n) is 1.33. The van der Waals surface area contributed by atoms with Crippen LogP contribution in [0.5, 0.6) is 0 Å². The average Bonchev–Trinajstić information content (AvgIpc) is 2.44. The summed E-state index contributed by atoms with van der Waals surface area (Å²) in [5, 5.41) is 8.34. The third-order valence-electron chi connectivity index (χ3n) is 2.11. The molecule has 1 aromatic rings. The quantitative estimate of drug-likeness (QED) is 0.904. The fraction of sp³-hybridized carbons (Fsp3) is 0.500. The molecule has 0 spiro atoms. The molecule has 0 radical (unpaired) electrons. The lowest BCUT2D eigenvalue weighted by atomic mass is 10.3. The van der Waals surface area contributed by atoms with Gasteiger partial charge in [-0.15, -0.1) is 0 Å². The van der Waals surface area contributed by atoms with Crippen LogP contribution in [0.1, 0.15) is 18.3 Å². The second kappa shape index (κ2) is 5.68. The fourth-order valence-corrected chi connectivity index (χ4v) is 1.89. The van der Waals surface area contributed by atoms with Gasteiger partial charge in [0.05, 0.1) is 16.4 Å². The van der Waals surface area contributed by atoms with Crippen LogP contribution in [0.25, 0.3) is 0 Å². The van der Waals surface area contributed by atoms with E-state index in [2.05, 4.69) is 32.9 Å². The number of hydrogen-bond acceptors (Lipinski definition) is 2. The first-order chi connectivity index (χ1) is 7.06. The lowest BCUT2D eigenvalue weighted by Crippen LogP contribution is -2.17. The van der Waals surface area contributed by atoms with Crippen molar-refractivity contribution in [3.05, 3.63) is 27.5 Å². The minimum absolute atomic E-state index is 0.701. The average molecular weight is 293 g/mol. The zero-order valence-corrected chi connectivity index (χ0v) is 11.3. The molecule has 5 heteroatoms. The molecule has 1 heterocycles. The van der Waals surface area contributed by atoms with Gasteiger partial charge in [-0.25, -0.2) is 0 Å². The summed E-state index contributed by atoms with van der Waals surface area (Å²) in [5.74, 6) is 0. The Balaban J connectivity index is 2.68. The van der Waals surface area contributed by atoms with Gasteiger partial charge in [-0.3, -0.25) is 4.68 Å². The van der Waals surface area contributed by atoms with E-state index < -0.39 is 0 Å². The van der Waals surface area contributed by atoms with Gasteiger partial charge in [0, 0.05) is 24.6 Å². The monoisotopic (exact) mass is 291 g/mol. The number of nitrogens with one attached hydrogen (secondary N) is 1. The molecule has 1 aromatic heterocycles. The highest BCUT2D eigenvalue weighted by Crippen LogP contribution is 2.20. The van der Waals surface area contributed by atoms with Crippen LogP contribution in [0.3, 0.4) is 0 Å². The van der Waals surface area contributed by atoms with Crippen molar-refractivity contribution in [3.63, 3.8) is 0 Å². The topological polar surface area (TPSA) is 29.9 Å². The molecule has 0 saturated heterocycles. The Morgan fingerprint density at radius 3 is 2.80 bits per heavy atom. The van der Waals surface area contributed by atoms with Gasteiger partial charge in [-0.05, 0) is 6.42 Å². The van der Waals surface area contributed by atoms with Crippen LogP contribution in [0.4, 0.5) is 0 Å². The molecule has 3 nitrogen and oxygen atoms in total. The Bertz CT molecular complexity index is 360. The van der Waals surface area contributed by atoms with Crippen LogP contribution >= 0.6 is 27.5 Å². The molecule has 0 atom stereocenters. The maximum Gasteiger partial charge on any atom is 0.0863 e. The van der Waals surface area contributed by atoms with Crippen LogP contribution in [-0.4, -0.2) is 16.3 Å². The Labute approximate surface area is 104 Å². The molecule has 0 fully saturated rings. The van der Waals surface area contributed by atoms with Gasteiger partial charge in [0.25, 0.3) is 0 Å². The van der Waals surface area contributed by atoms with Crippen molar-refractivity contribution in [1.82, 2.24) is 15.1 Å². The van der Waals surface area contributed by atoms with E-state index in [4.69, 9.17) is 11.6 Å². The van der Waals surface area contributed by atoms with Crippen molar-refractivity contribution in [2.24, 2.45) is 7.05 Å². The SMILES string of the molecule is C=C(Br)CNCc1c(Cl)c(CC)nn1C. The van der Waals surface area contributed by atoms with Crippen LogP contribution in [-0.2, 0) is 20.0 Å². The summed E-state index contributed by atoms with van der Waals surface area (Å²) in [4.78, 5) is 0. The number of nitrogens with zero attached hydrogens (tertiary/aromatic N) is 2. The Kier molecular flexibility index (Phi) is 4.83. The molecule has 0 unspecified atom stereocenters. The molecule has 84 valence electrons. The first-order valence-corrected chi connectivity index (χ1v) is 5.97. The molecule has 0 aromatic carbocycles. The number of rotatable bonds is 5. The summed E-state index contributed by atoms with van der Waals surface area (Å²) in [6, 6.07) is 0. The van der Waals surface area contributed by atoms with E-state index in [0.29, 0.717) is 6.54 Å². The zero-order chi connectivity index (χ0) is 11.4. The standard InChI is InChI=1S/C10H15BrClN3/c1-4-8-10(12)9(15(3)14-8)6-13-5-7(2)11/h13H,2,4-6H2,1,3H3. The second-order valence-corrected chi connectivity index (χ2v) is 4.80. The van der Waals surface area contributed by atoms with Gasteiger partial charge >= 0.3 is 0 Å². The van der Waals surface area contributed by atoms with E-state index in [1.165, 1.54) is 0 Å². The van der Waals surface area contributed by atoms with E-state index in [1.807, 2.05) is 18.7 Å². The van der Waals surface area contributed by atoms with Crippen molar-refractivity contribution in [2.45, 2.75) is 19.9 Å². The molecule has 0 saturated carbocycles. The zero-order valence-electron chi connectivity index (χ0n) is 8.98. The predicted octanol–water partition coefficient (Wildman–Crippen LogP) is 2.63. The summed E-state index contributed by atoms with van der Waals surface area (Å²) in [7, 11) is 1.91. The lowest BCUT2D eigenvalue weighted by molar-refractivity contribution is 0.649. The summed E-state index contributed by atoms with van der Waals surface area (Å²) in [6.45, 7) is 7.23. The third kappa shape index (κ3) is 3.33. The molecular weight excluding hydrogens is 277 g/mol. The minimum atomic E-state index is 0.701. The highest BCUT2D eigenvalue weighted by molar-refractivity contribution is 9.11. The molecule has 0 aliphatic rings. The second-order valence-electron chi connectivity index (χ2n) is 3.31.